The number of carbonyl (C=O) groups excluding carboxylic acids is 1. The number of fused-ring (bicyclic) bond motifs is 2. The van der Waals surface area contributed by atoms with Crippen molar-refractivity contribution in [2.45, 2.75) is 25.2 Å². The number of rotatable bonds is 3. The lowest BCUT2D eigenvalue weighted by atomic mass is 10.0. The first-order valence-electron chi connectivity index (χ1n) is 10.9. The first kappa shape index (κ1) is 21.9. The molecule has 0 saturated carbocycles. The lowest BCUT2D eigenvalue weighted by Gasteiger charge is -2.43. The number of likely N-dealkylation sites (tertiary alicyclic amines) is 1. The van der Waals surface area contributed by atoms with E-state index in [1.54, 1.807) is 4.90 Å². The Morgan fingerprint density at radius 3 is 2.18 bits per heavy atom. The van der Waals surface area contributed by atoms with Crippen LogP contribution >= 0.6 is 0 Å². The molecule has 9 heteroatoms. The summed E-state index contributed by atoms with van der Waals surface area (Å²) < 4.78 is 47.0. The third kappa shape index (κ3) is 4.59. The number of benzene rings is 3. The number of nitrogens with zero attached hydrogens (tertiary/aromatic N) is 2. The number of piperidine rings is 1. The van der Waals surface area contributed by atoms with Crippen LogP contribution < -0.4 is 19.7 Å². The molecule has 0 spiro atoms. The second-order valence-electron chi connectivity index (χ2n) is 8.15. The van der Waals surface area contributed by atoms with E-state index in [0.29, 0.717) is 18.8 Å². The molecular formula is C25H22F3N3O3. The monoisotopic (exact) mass is 469 g/mol. The zero-order chi connectivity index (χ0) is 23.7. The van der Waals surface area contributed by atoms with Crippen molar-refractivity contribution in [3.05, 3.63) is 72.8 Å². The van der Waals surface area contributed by atoms with Gasteiger partial charge in [-0.3, -0.25) is 0 Å². The van der Waals surface area contributed by atoms with Gasteiger partial charge < -0.3 is 24.6 Å². The van der Waals surface area contributed by atoms with Gasteiger partial charge in [0.2, 0.25) is 0 Å². The number of hydrogen-bond acceptors (Lipinski definition) is 4. The molecule has 1 saturated heterocycles. The van der Waals surface area contributed by atoms with Crippen molar-refractivity contribution in [3.8, 4) is 17.2 Å². The van der Waals surface area contributed by atoms with Gasteiger partial charge in [-0.2, -0.15) is 0 Å². The Labute approximate surface area is 194 Å². The lowest BCUT2D eigenvalue weighted by Crippen LogP contribution is -2.50. The molecular weight excluding hydrogens is 447 g/mol. The summed E-state index contributed by atoms with van der Waals surface area (Å²) in [5.41, 5.74) is 2.30. The number of para-hydroxylation sites is 4. The number of hydrogen-bond donors (Lipinski definition) is 1. The van der Waals surface area contributed by atoms with E-state index in [1.165, 1.54) is 24.3 Å². The zero-order valence-electron chi connectivity index (χ0n) is 18.1. The van der Waals surface area contributed by atoms with Crippen molar-refractivity contribution in [2.24, 2.45) is 0 Å². The van der Waals surface area contributed by atoms with Gasteiger partial charge in [-0.15, -0.1) is 13.2 Å². The summed E-state index contributed by atoms with van der Waals surface area (Å²) >= 11 is 0. The van der Waals surface area contributed by atoms with Gasteiger partial charge in [-0.1, -0.05) is 24.3 Å². The van der Waals surface area contributed by atoms with Crippen molar-refractivity contribution in [1.29, 1.82) is 0 Å². The zero-order valence-corrected chi connectivity index (χ0v) is 18.1. The molecule has 1 unspecified atom stereocenters. The molecule has 2 heterocycles. The van der Waals surface area contributed by atoms with Crippen LogP contribution in [-0.2, 0) is 0 Å². The quantitative estimate of drug-likeness (QED) is 0.474. The molecule has 176 valence electrons. The van der Waals surface area contributed by atoms with E-state index in [0.717, 1.165) is 35.7 Å². The van der Waals surface area contributed by atoms with E-state index in [1.807, 2.05) is 48.5 Å². The highest BCUT2D eigenvalue weighted by Crippen LogP contribution is 2.48. The predicted molar refractivity (Wildman–Crippen MR) is 122 cm³/mol. The summed E-state index contributed by atoms with van der Waals surface area (Å²) in [6.07, 6.45) is -3.04. The first-order valence-corrected chi connectivity index (χ1v) is 10.9. The SMILES string of the molecule is O=C(Nc1ccc(OC(F)(F)F)cc1)N1CCCC(N2c3ccccc3Oc3ccccc32)C1. The molecule has 1 N–H and O–H groups in total. The average molecular weight is 469 g/mol. The van der Waals surface area contributed by atoms with Crippen LogP contribution in [0.1, 0.15) is 12.8 Å². The Morgan fingerprint density at radius 1 is 0.941 bits per heavy atom. The molecule has 2 aliphatic rings. The van der Waals surface area contributed by atoms with Crippen molar-refractivity contribution < 1.29 is 27.4 Å². The van der Waals surface area contributed by atoms with Gasteiger partial charge in [0.25, 0.3) is 0 Å². The summed E-state index contributed by atoms with van der Waals surface area (Å²) in [6.45, 7) is 1.08. The molecule has 6 nitrogen and oxygen atoms in total. The largest absolute Gasteiger partial charge is 0.573 e. The van der Waals surface area contributed by atoms with Crippen molar-refractivity contribution in [1.82, 2.24) is 4.90 Å². The second-order valence-corrected chi connectivity index (χ2v) is 8.15. The van der Waals surface area contributed by atoms with Crippen LogP contribution in [0.3, 0.4) is 0 Å². The topological polar surface area (TPSA) is 54.0 Å². The maximum Gasteiger partial charge on any atom is 0.573 e. The molecule has 1 fully saturated rings. The molecule has 2 aliphatic heterocycles. The number of halogens is 3. The van der Waals surface area contributed by atoms with Crippen LogP contribution in [0.15, 0.2) is 72.8 Å². The molecule has 0 radical (unpaired) electrons. The van der Waals surface area contributed by atoms with Gasteiger partial charge in [0.1, 0.15) is 5.75 Å². The van der Waals surface area contributed by atoms with E-state index >= 15 is 0 Å². The molecule has 0 aliphatic carbocycles. The molecule has 3 aromatic rings. The fourth-order valence-corrected chi connectivity index (χ4v) is 4.42. The summed E-state index contributed by atoms with van der Waals surface area (Å²) in [7, 11) is 0. The molecule has 3 aromatic carbocycles. The number of nitrogens with one attached hydrogen (secondary N) is 1. The number of alkyl halides is 3. The highest BCUT2D eigenvalue weighted by atomic mass is 19.4. The van der Waals surface area contributed by atoms with E-state index in [9.17, 15) is 18.0 Å². The second kappa shape index (κ2) is 8.81. The maximum atomic E-state index is 13.0. The molecule has 2 amide bonds. The average Bonchev–Trinajstić information content (AvgIpc) is 2.83. The van der Waals surface area contributed by atoms with Crippen molar-refractivity contribution in [2.75, 3.05) is 23.3 Å². The van der Waals surface area contributed by atoms with Crippen LogP contribution in [-0.4, -0.2) is 36.4 Å². The highest BCUT2D eigenvalue weighted by Gasteiger charge is 2.34. The number of amides is 2. The fourth-order valence-electron chi connectivity index (χ4n) is 4.42. The molecule has 1 atom stereocenters. The number of anilines is 3. The van der Waals surface area contributed by atoms with E-state index in [-0.39, 0.29) is 17.8 Å². The van der Waals surface area contributed by atoms with Gasteiger partial charge in [0, 0.05) is 18.8 Å². The molecule has 34 heavy (non-hydrogen) atoms. The van der Waals surface area contributed by atoms with E-state index < -0.39 is 6.36 Å². The Hall–Kier alpha value is -3.88. The van der Waals surface area contributed by atoms with Crippen LogP contribution in [0.2, 0.25) is 0 Å². The van der Waals surface area contributed by atoms with Gasteiger partial charge >= 0.3 is 12.4 Å². The summed E-state index contributed by atoms with van der Waals surface area (Å²) in [5, 5.41) is 2.77. The van der Waals surface area contributed by atoms with Crippen LogP contribution in [0.5, 0.6) is 17.2 Å². The Morgan fingerprint density at radius 2 is 1.56 bits per heavy atom. The van der Waals surface area contributed by atoms with Crippen molar-refractivity contribution >= 4 is 23.1 Å². The Kier molecular flexibility index (Phi) is 5.69. The smallest absolute Gasteiger partial charge is 0.453 e. The normalized spacial score (nSPS) is 17.3. The van der Waals surface area contributed by atoms with Crippen LogP contribution in [0.25, 0.3) is 0 Å². The summed E-state index contributed by atoms with van der Waals surface area (Å²) in [5.74, 6) is 1.20. The first-order chi connectivity index (χ1) is 16.4. The summed E-state index contributed by atoms with van der Waals surface area (Å²) in [4.78, 5) is 16.9. The molecule has 0 bridgehead atoms. The minimum Gasteiger partial charge on any atom is -0.453 e. The maximum absolute atomic E-state index is 13.0. The number of carbonyl (C=O) groups is 1. The Balaban J connectivity index is 1.31. The number of ether oxygens (including phenoxy) is 2. The highest BCUT2D eigenvalue weighted by molar-refractivity contribution is 5.89. The van der Waals surface area contributed by atoms with Gasteiger partial charge in [-0.05, 0) is 61.4 Å². The fraction of sp³-hybridized carbons (Fsp3) is 0.240. The minimum atomic E-state index is -4.76. The van der Waals surface area contributed by atoms with Crippen LogP contribution in [0, 0.1) is 0 Å². The Bertz CT molecular complexity index is 1140. The third-order valence-electron chi connectivity index (χ3n) is 5.86. The third-order valence-corrected chi connectivity index (χ3v) is 5.86. The summed E-state index contributed by atoms with van der Waals surface area (Å²) in [6, 6.07) is 20.5. The van der Waals surface area contributed by atoms with E-state index in [4.69, 9.17) is 4.74 Å². The van der Waals surface area contributed by atoms with E-state index in [2.05, 4.69) is 15.0 Å². The van der Waals surface area contributed by atoms with Gasteiger partial charge in [0.15, 0.2) is 11.5 Å². The standard InChI is InChI=1S/C25H22F3N3O3/c26-25(27,28)34-19-13-11-17(12-14-19)29-24(32)30-15-5-6-18(16-30)31-20-7-1-3-9-22(20)33-23-10-4-2-8-21(23)31/h1-4,7-14,18H,5-6,15-16H2,(H,29,32). The van der Waals surface area contributed by atoms with Gasteiger partial charge in [-0.25, -0.2) is 4.79 Å². The van der Waals surface area contributed by atoms with Crippen LogP contribution in [0.4, 0.5) is 35.0 Å². The lowest BCUT2D eigenvalue weighted by molar-refractivity contribution is -0.274. The molecule has 0 aromatic heterocycles. The number of urea groups is 1. The molecule has 5 rings (SSSR count). The predicted octanol–water partition coefficient (Wildman–Crippen LogP) is 6.53. The van der Waals surface area contributed by atoms with Crippen molar-refractivity contribution in [3.63, 3.8) is 0 Å². The minimum absolute atomic E-state index is 0.0354. The van der Waals surface area contributed by atoms with Gasteiger partial charge in [0.05, 0.1) is 17.4 Å².